The van der Waals surface area contributed by atoms with Crippen LogP contribution in [-0.2, 0) is 0 Å². The Morgan fingerprint density at radius 3 is 2.77 bits per heavy atom. The largest absolute Gasteiger partial charge is 0.487 e. The summed E-state index contributed by atoms with van der Waals surface area (Å²) in [6.45, 7) is 5.66. The summed E-state index contributed by atoms with van der Waals surface area (Å²) >= 11 is 0. The summed E-state index contributed by atoms with van der Waals surface area (Å²) in [7, 11) is 0. The molecule has 0 aromatic heterocycles. The van der Waals surface area contributed by atoms with Gasteiger partial charge in [-0.05, 0) is 44.6 Å². The number of rotatable bonds is 5. The van der Waals surface area contributed by atoms with Crippen LogP contribution in [0.15, 0.2) is 29.3 Å². The number of aliphatic imine (C=N–C) groups is 1. The number of benzene rings is 1. The van der Waals surface area contributed by atoms with Gasteiger partial charge in [0.2, 0.25) is 0 Å². The third-order valence-electron chi connectivity index (χ3n) is 5.24. The van der Waals surface area contributed by atoms with E-state index in [4.69, 9.17) is 4.74 Å². The molecule has 2 aliphatic rings. The topological polar surface area (TPSA) is 65.9 Å². The fourth-order valence-corrected chi connectivity index (χ4v) is 3.86. The number of nitrogens with zero attached hydrogens (tertiary/aromatic N) is 1. The Balaban J connectivity index is 0.00000243. The van der Waals surface area contributed by atoms with Crippen molar-refractivity contribution >= 4 is 29.9 Å². The zero-order valence-corrected chi connectivity index (χ0v) is 18.2. The SMILES string of the molecule is CCNC(=NCC(C)CO)NC1CC2(CCCC2)Oc2ccccc21.I. The quantitative estimate of drug-likeness (QED) is 0.347. The number of guanidine groups is 1. The van der Waals surface area contributed by atoms with Crippen molar-refractivity contribution in [1.29, 1.82) is 0 Å². The summed E-state index contributed by atoms with van der Waals surface area (Å²) in [5.41, 5.74) is 1.18. The maximum atomic E-state index is 9.24. The van der Waals surface area contributed by atoms with E-state index in [-0.39, 0.29) is 48.1 Å². The number of nitrogens with one attached hydrogen (secondary N) is 2. The van der Waals surface area contributed by atoms with Crippen LogP contribution < -0.4 is 15.4 Å². The van der Waals surface area contributed by atoms with E-state index in [2.05, 4.69) is 40.7 Å². The highest BCUT2D eigenvalue weighted by molar-refractivity contribution is 14.0. The van der Waals surface area contributed by atoms with E-state index < -0.39 is 0 Å². The molecule has 0 saturated heterocycles. The maximum Gasteiger partial charge on any atom is 0.191 e. The molecule has 1 aliphatic heterocycles. The molecule has 0 bridgehead atoms. The number of para-hydroxylation sites is 1. The van der Waals surface area contributed by atoms with Gasteiger partial charge in [-0.1, -0.05) is 25.1 Å². The van der Waals surface area contributed by atoms with Crippen LogP contribution in [-0.4, -0.2) is 36.4 Å². The van der Waals surface area contributed by atoms with Crippen molar-refractivity contribution in [1.82, 2.24) is 10.6 Å². The van der Waals surface area contributed by atoms with Crippen molar-refractivity contribution < 1.29 is 9.84 Å². The molecule has 3 N–H and O–H groups in total. The second-order valence-electron chi connectivity index (χ2n) is 7.44. The van der Waals surface area contributed by atoms with Crippen molar-refractivity contribution in [2.75, 3.05) is 19.7 Å². The Bertz CT molecular complexity index is 602. The molecule has 2 unspecified atom stereocenters. The molecule has 0 amide bonds. The van der Waals surface area contributed by atoms with Gasteiger partial charge in [-0.3, -0.25) is 4.99 Å². The average molecular weight is 473 g/mol. The number of ether oxygens (including phenoxy) is 1. The van der Waals surface area contributed by atoms with Crippen LogP contribution in [0.3, 0.4) is 0 Å². The molecule has 1 spiro atoms. The molecule has 1 heterocycles. The lowest BCUT2D eigenvalue weighted by Crippen LogP contribution is -2.46. The average Bonchev–Trinajstić information content (AvgIpc) is 3.07. The van der Waals surface area contributed by atoms with Crippen molar-refractivity contribution in [3.63, 3.8) is 0 Å². The summed E-state index contributed by atoms with van der Waals surface area (Å²) in [6, 6.07) is 8.55. The summed E-state index contributed by atoms with van der Waals surface area (Å²) in [6.07, 6.45) is 5.74. The first kappa shape index (κ1) is 21.3. The molecule has 146 valence electrons. The zero-order valence-electron chi connectivity index (χ0n) is 15.8. The predicted molar refractivity (Wildman–Crippen MR) is 116 cm³/mol. The fraction of sp³-hybridized carbons (Fsp3) is 0.650. The number of hydrogen-bond donors (Lipinski definition) is 3. The molecular formula is C20H32IN3O2. The summed E-state index contributed by atoms with van der Waals surface area (Å²) in [4.78, 5) is 4.66. The first-order chi connectivity index (χ1) is 12.2. The van der Waals surface area contributed by atoms with E-state index in [1.807, 2.05) is 13.0 Å². The van der Waals surface area contributed by atoms with Gasteiger partial charge in [-0.15, -0.1) is 24.0 Å². The van der Waals surface area contributed by atoms with Gasteiger partial charge in [-0.25, -0.2) is 0 Å². The highest BCUT2D eigenvalue weighted by atomic mass is 127. The number of hydrogen-bond acceptors (Lipinski definition) is 3. The molecule has 1 aromatic carbocycles. The van der Waals surface area contributed by atoms with Gasteiger partial charge < -0.3 is 20.5 Å². The normalized spacial score (nSPS) is 22.1. The first-order valence-corrected chi connectivity index (χ1v) is 9.59. The Morgan fingerprint density at radius 1 is 1.35 bits per heavy atom. The molecular weight excluding hydrogens is 441 g/mol. The fourth-order valence-electron chi connectivity index (χ4n) is 3.86. The summed E-state index contributed by atoms with van der Waals surface area (Å²) in [5.74, 6) is 1.99. The van der Waals surface area contributed by atoms with E-state index in [0.717, 1.165) is 37.5 Å². The van der Waals surface area contributed by atoms with Gasteiger partial charge in [0, 0.05) is 31.7 Å². The first-order valence-electron chi connectivity index (χ1n) is 9.59. The standard InChI is InChI=1S/C20H31N3O2.HI/c1-3-21-19(22-13-15(2)14-24)23-17-12-20(10-6-7-11-20)25-18-9-5-4-8-16(17)18;/h4-5,8-9,15,17,24H,3,6-7,10-14H2,1-2H3,(H2,21,22,23);1H. The molecule has 2 atom stereocenters. The third-order valence-corrected chi connectivity index (χ3v) is 5.24. The second-order valence-corrected chi connectivity index (χ2v) is 7.44. The van der Waals surface area contributed by atoms with Crippen molar-refractivity contribution in [3.05, 3.63) is 29.8 Å². The Kier molecular flexibility index (Phi) is 8.01. The predicted octanol–water partition coefficient (Wildman–Crippen LogP) is 3.62. The van der Waals surface area contributed by atoms with E-state index in [9.17, 15) is 5.11 Å². The minimum Gasteiger partial charge on any atom is -0.487 e. The number of fused-ring (bicyclic) bond motifs is 1. The van der Waals surface area contributed by atoms with E-state index >= 15 is 0 Å². The van der Waals surface area contributed by atoms with Crippen LogP contribution in [0.5, 0.6) is 5.75 Å². The monoisotopic (exact) mass is 473 g/mol. The highest BCUT2D eigenvalue weighted by Crippen LogP contribution is 2.46. The van der Waals surface area contributed by atoms with Gasteiger partial charge >= 0.3 is 0 Å². The van der Waals surface area contributed by atoms with Crippen LogP contribution in [0.4, 0.5) is 0 Å². The molecule has 1 aromatic rings. The van der Waals surface area contributed by atoms with Crippen LogP contribution in [0.25, 0.3) is 0 Å². The minimum atomic E-state index is -0.0261. The lowest BCUT2D eigenvalue weighted by molar-refractivity contribution is 0.0396. The van der Waals surface area contributed by atoms with Crippen molar-refractivity contribution in [3.8, 4) is 5.75 Å². The number of aliphatic hydroxyl groups excluding tert-OH is 1. The Labute approximate surface area is 174 Å². The molecule has 0 radical (unpaired) electrons. The summed E-state index contributed by atoms with van der Waals surface area (Å²) < 4.78 is 6.43. The highest BCUT2D eigenvalue weighted by Gasteiger charge is 2.43. The van der Waals surface area contributed by atoms with E-state index in [1.54, 1.807) is 0 Å². The van der Waals surface area contributed by atoms with Gasteiger partial charge in [0.1, 0.15) is 11.4 Å². The van der Waals surface area contributed by atoms with Crippen LogP contribution in [0, 0.1) is 5.92 Å². The lowest BCUT2D eigenvalue weighted by atomic mass is 9.86. The number of halogens is 1. The maximum absolute atomic E-state index is 9.24. The molecule has 26 heavy (non-hydrogen) atoms. The van der Waals surface area contributed by atoms with Gasteiger partial charge in [0.15, 0.2) is 5.96 Å². The summed E-state index contributed by atoms with van der Waals surface area (Å²) in [5, 5.41) is 16.2. The van der Waals surface area contributed by atoms with Gasteiger partial charge in [-0.2, -0.15) is 0 Å². The minimum absolute atomic E-state index is 0. The van der Waals surface area contributed by atoms with E-state index in [0.29, 0.717) is 6.54 Å². The van der Waals surface area contributed by atoms with Gasteiger partial charge in [0.25, 0.3) is 0 Å². The Morgan fingerprint density at radius 2 is 2.08 bits per heavy atom. The molecule has 6 heteroatoms. The second kappa shape index (κ2) is 9.78. The third kappa shape index (κ3) is 5.03. The lowest BCUT2D eigenvalue weighted by Gasteiger charge is -2.40. The van der Waals surface area contributed by atoms with Crippen LogP contribution >= 0.6 is 24.0 Å². The molecule has 3 rings (SSSR count). The van der Waals surface area contributed by atoms with Crippen LogP contribution in [0.2, 0.25) is 0 Å². The molecule has 1 aliphatic carbocycles. The van der Waals surface area contributed by atoms with Crippen molar-refractivity contribution in [2.45, 2.75) is 57.6 Å². The number of aliphatic hydroxyl groups is 1. The smallest absolute Gasteiger partial charge is 0.191 e. The zero-order chi connectivity index (χ0) is 17.7. The molecule has 1 saturated carbocycles. The molecule has 1 fully saturated rings. The van der Waals surface area contributed by atoms with E-state index in [1.165, 1.54) is 18.4 Å². The van der Waals surface area contributed by atoms with Gasteiger partial charge in [0.05, 0.1) is 6.04 Å². The van der Waals surface area contributed by atoms with Crippen LogP contribution in [0.1, 0.15) is 57.6 Å². The van der Waals surface area contributed by atoms with Crippen molar-refractivity contribution in [2.24, 2.45) is 10.9 Å². The Hall–Kier alpha value is -1.02. The molecule has 5 nitrogen and oxygen atoms in total.